The summed E-state index contributed by atoms with van der Waals surface area (Å²) in [4.78, 5) is 0. The van der Waals surface area contributed by atoms with Crippen molar-refractivity contribution >= 4 is 26.7 Å². The van der Waals surface area contributed by atoms with E-state index in [0.29, 0.717) is 6.54 Å². The topological polar surface area (TPSA) is 30.7 Å². The van der Waals surface area contributed by atoms with Gasteiger partial charge in [-0.15, -0.1) is 5.10 Å². The van der Waals surface area contributed by atoms with Crippen LogP contribution in [0.1, 0.15) is 5.56 Å². The van der Waals surface area contributed by atoms with E-state index in [4.69, 9.17) is 0 Å². The molecule has 3 nitrogen and oxygen atoms in total. The molecule has 0 aliphatic rings. The molecule has 0 bridgehead atoms. The van der Waals surface area contributed by atoms with E-state index in [9.17, 15) is 0 Å². The molecule has 0 spiro atoms. The molecule has 0 unspecified atom stereocenters. The molecule has 1 heterocycles. The molecule has 112 valence electrons. The highest BCUT2D eigenvalue weighted by molar-refractivity contribution is 9.10. The van der Waals surface area contributed by atoms with Gasteiger partial charge in [-0.1, -0.05) is 75.7 Å². The first kappa shape index (κ1) is 14.2. The van der Waals surface area contributed by atoms with Crippen LogP contribution in [0.4, 0.5) is 0 Å². The average molecular weight is 364 g/mol. The Balaban J connectivity index is 1.68. The molecule has 4 rings (SSSR count). The lowest BCUT2D eigenvalue weighted by Gasteiger charge is -2.03. The summed E-state index contributed by atoms with van der Waals surface area (Å²) in [5.41, 5.74) is 3.21. The lowest BCUT2D eigenvalue weighted by atomic mass is 10.0. The molecule has 23 heavy (non-hydrogen) atoms. The maximum Gasteiger partial charge on any atom is 0.113 e. The van der Waals surface area contributed by atoms with Crippen molar-refractivity contribution in [2.45, 2.75) is 6.54 Å². The largest absolute Gasteiger partial charge is 0.247 e. The van der Waals surface area contributed by atoms with Crippen LogP contribution in [-0.4, -0.2) is 15.0 Å². The molecule has 0 saturated heterocycles. The van der Waals surface area contributed by atoms with E-state index >= 15 is 0 Å². The van der Waals surface area contributed by atoms with E-state index in [2.05, 4.69) is 80.8 Å². The smallest absolute Gasteiger partial charge is 0.113 e. The zero-order chi connectivity index (χ0) is 15.6. The molecule has 0 amide bonds. The maximum atomic E-state index is 4.35. The van der Waals surface area contributed by atoms with Crippen molar-refractivity contribution in [1.82, 2.24) is 15.0 Å². The van der Waals surface area contributed by atoms with Crippen LogP contribution >= 0.6 is 15.9 Å². The lowest BCUT2D eigenvalue weighted by Crippen LogP contribution is -1.99. The van der Waals surface area contributed by atoms with Crippen molar-refractivity contribution in [2.24, 2.45) is 0 Å². The Morgan fingerprint density at radius 2 is 1.65 bits per heavy atom. The second-order valence-electron chi connectivity index (χ2n) is 5.45. The molecule has 0 aliphatic heterocycles. The summed E-state index contributed by atoms with van der Waals surface area (Å²) < 4.78 is 2.96. The second-order valence-corrected chi connectivity index (χ2v) is 6.37. The van der Waals surface area contributed by atoms with Crippen molar-refractivity contribution < 1.29 is 0 Å². The van der Waals surface area contributed by atoms with E-state index in [1.54, 1.807) is 0 Å². The number of hydrogen-bond acceptors (Lipinski definition) is 2. The fraction of sp³-hybridized carbons (Fsp3) is 0.0526. The molecule has 3 aromatic carbocycles. The van der Waals surface area contributed by atoms with Gasteiger partial charge in [0, 0.05) is 10.0 Å². The van der Waals surface area contributed by atoms with Crippen LogP contribution in [0.3, 0.4) is 0 Å². The third-order valence-corrected chi connectivity index (χ3v) is 4.39. The first-order valence-electron chi connectivity index (χ1n) is 7.42. The highest BCUT2D eigenvalue weighted by Gasteiger charge is 2.08. The van der Waals surface area contributed by atoms with Crippen molar-refractivity contribution in [3.63, 3.8) is 0 Å². The van der Waals surface area contributed by atoms with Gasteiger partial charge in [-0.05, 0) is 28.5 Å². The summed E-state index contributed by atoms with van der Waals surface area (Å²) in [5, 5.41) is 11.0. The van der Waals surface area contributed by atoms with E-state index in [0.717, 1.165) is 15.7 Å². The third-order valence-electron chi connectivity index (χ3n) is 3.86. The number of nitrogens with zero attached hydrogens (tertiary/aromatic N) is 3. The van der Waals surface area contributed by atoms with Gasteiger partial charge in [0.15, 0.2) is 0 Å². The van der Waals surface area contributed by atoms with Crippen LogP contribution in [0.2, 0.25) is 0 Å². The average Bonchev–Trinajstić information content (AvgIpc) is 3.05. The minimum Gasteiger partial charge on any atom is -0.247 e. The van der Waals surface area contributed by atoms with Gasteiger partial charge in [-0.25, -0.2) is 4.68 Å². The Bertz CT molecular complexity index is 952. The van der Waals surface area contributed by atoms with Crippen LogP contribution < -0.4 is 0 Å². The predicted octanol–water partition coefficient (Wildman–Crippen LogP) is 4.91. The van der Waals surface area contributed by atoms with E-state index in [-0.39, 0.29) is 0 Å². The zero-order valence-electron chi connectivity index (χ0n) is 12.4. The molecule has 0 radical (unpaired) electrons. The Morgan fingerprint density at radius 3 is 2.52 bits per heavy atom. The molecule has 4 aromatic rings. The molecule has 0 atom stereocenters. The minimum absolute atomic E-state index is 0.713. The summed E-state index contributed by atoms with van der Waals surface area (Å²) in [6, 6.07) is 22.9. The Kier molecular flexibility index (Phi) is 3.67. The second kappa shape index (κ2) is 5.97. The SMILES string of the molecule is Brc1ccc(Cn2cc(-c3cccc4ccccc34)nn2)cc1. The van der Waals surface area contributed by atoms with Crippen LogP contribution in [0.15, 0.2) is 77.4 Å². The van der Waals surface area contributed by atoms with Crippen LogP contribution in [0, 0.1) is 0 Å². The van der Waals surface area contributed by atoms with Crippen molar-refractivity contribution in [3.05, 3.63) is 83.0 Å². The molecule has 0 fully saturated rings. The van der Waals surface area contributed by atoms with Gasteiger partial charge >= 0.3 is 0 Å². The molecular formula is C19H14BrN3. The number of benzene rings is 3. The fourth-order valence-electron chi connectivity index (χ4n) is 2.72. The first-order chi connectivity index (χ1) is 11.3. The van der Waals surface area contributed by atoms with E-state index in [1.165, 1.54) is 16.3 Å². The van der Waals surface area contributed by atoms with Gasteiger partial charge in [0.05, 0.1) is 12.7 Å². The molecule has 0 N–H and O–H groups in total. The van der Waals surface area contributed by atoms with Crippen LogP contribution in [-0.2, 0) is 6.54 Å². The Hall–Kier alpha value is -2.46. The number of aromatic nitrogens is 3. The Labute approximate surface area is 142 Å². The minimum atomic E-state index is 0.713. The fourth-order valence-corrected chi connectivity index (χ4v) is 2.99. The predicted molar refractivity (Wildman–Crippen MR) is 96.2 cm³/mol. The van der Waals surface area contributed by atoms with Gasteiger partial charge in [-0.3, -0.25) is 0 Å². The van der Waals surface area contributed by atoms with Gasteiger partial charge in [0.1, 0.15) is 5.69 Å². The normalized spacial score (nSPS) is 11.0. The quantitative estimate of drug-likeness (QED) is 0.517. The van der Waals surface area contributed by atoms with Crippen molar-refractivity contribution in [3.8, 4) is 11.3 Å². The molecular weight excluding hydrogens is 350 g/mol. The monoisotopic (exact) mass is 363 g/mol. The number of rotatable bonds is 3. The summed E-state index contributed by atoms with van der Waals surface area (Å²) >= 11 is 3.45. The van der Waals surface area contributed by atoms with Gasteiger partial charge in [0.25, 0.3) is 0 Å². The standard InChI is InChI=1S/C19H14BrN3/c20-16-10-8-14(9-11-16)12-23-13-19(21-22-23)18-7-3-5-15-4-1-2-6-17(15)18/h1-11,13H,12H2. The molecule has 0 saturated carbocycles. The molecule has 4 heteroatoms. The van der Waals surface area contributed by atoms with Gasteiger partial charge in [0.2, 0.25) is 0 Å². The summed E-state index contributed by atoms with van der Waals surface area (Å²) in [6.45, 7) is 0.713. The summed E-state index contributed by atoms with van der Waals surface area (Å²) in [5.74, 6) is 0. The highest BCUT2D eigenvalue weighted by atomic mass is 79.9. The highest BCUT2D eigenvalue weighted by Crippen LogP contribution is 2.26. The first-order valence-corrected chi connectivity index (χ1v) is 8.21. The maximum absolute atomic E-state index is 4.35. The van der Waals surface area contributed by atoms with Crippen molar-refractivity contribution in [2.75, 3.05) is 0 Å². The zero-order valence-corrected chi connectivity index (χ0v) is 13.9. The number of fused-ring (bicyclic) bond motifs is 1. The third kappa shape index (κ3) is 2.90. The summed E-state index contributed by atoms with van der Waals surface area (Å²) in [6.07, 6.45) is 2.00. The summed E-state index contributed by atoms with van der Waals surface area (Å²) in [7, 11) is 0. The van der Waals surface area contributed by atoms with E-state index < -0.39 is 0 Å². The van der Waals surface area contributed by atoms with Gasteiger partial charge < -0.3 is 0 Å². The van der Waals surface area contributed by atoms with Gasteiger partial charge in [-0.2, -0.15) is 0 Å². The molecule has 0 aliphatic carbocycles. The van der Waals surface area contributed by atoms with Crippen molar-refractivity contribution in [1.29, 1.82) is 0 Å². The molecule has 1 aromatic heterocycles. The number of hydrogen-bond donors (Lipinski definition) is 0. The van der Waals surface area contributed by atoms with Crippen LogP contribution in [0.25, 0.3) is 22.0 Å². The van der Waals surface area contributed by atoms with Crippen LogP contribution in [0.5, 0.6) is 0 Å². The lowest BCUT2D eigenvalue weighted by molar-refractivity contribution is 0.650. The number of halogens is 1. The van der Waals surface area contributed by atoms with E-state index in [1.807, 2.05) is 23.0 Å². The Morgan fingerprint density at radius 1 is 0.870 bits per heavy atom.